The highest BCUT2D eigenvalue weighted by Crippen LogP contribution is 2.12. The molecule has 1 aliphatic rings. The minimum absolute atomic E-state index is 0.0110. The summed E-state index contributed by atoms with van der Waals surface area (Å²) in [5.41, 5.74) is 2.29. The van der Waals surface area contributed by atoms with Crippen LogP contribution in [0.3, 0.4) is 0 Å². The zero-order valence-corrected chi connectivity index (χ0v) is 10.4. The van der Waals surface area contributed by atoms with Crippen LogP contribution in [-0.4, -0.2) is 30.0 Å². The second kappa shape index (κ2) is 6.40. The van der Waals surface area contributed by atoms with E-state index in [1.54, 1.807) is 0 Å². The number of carbonyl (C=O) groups excluding carboxylic acids is 1. The number of hydroxylamine groups is 1. The van der Waals surface area contributed by atoms with Gasteiger partial charge in [-0.2, -0.15) is 4.99 Å². The third-order valence-corrected chi connectivity index (χ3v) is 3.11. The minimum Gasteiger partial charge on any atom is -0.316 e. The molecular formula is C13H16FN3O2. The van der Waals surface area contributed by atoms with Crippen LogP contribution in [0, 0.1) is 11.7 Å². The summed E-state index contributed by atoms with van der Waals surface area (Å²) < 4.78 is 12.8. The maximum Gasteiger partial charge on any atom is 0.278 e. The van der Waals surface area contributed by atoms with E-state index >= 15 is 0 Å². The van der Waals surface area contributed by atoms with Gasteiger partial charge >= 0.3 is 0 Å². The van der Waals surface area contributed by atoms with E-state index in [1.807, 2.05) is 5.48 Å². The molecule has 1 amide bonds. The number of aliphatic imine (C=N–C) groups is 1. The first kappa shape index (κ1) is 13.6. The molecule has 1 saturated heterocycles. The average molecular weight is 265 g/mol. The van der Waals surface area contributed by atoms with Gasteiger partial charge in [0.2, 0.25) is 0 Å². The molecule has 0 unspecified atom stereocenters. The van der Waals surface area contributed by atoms with Gasteiger partial charge in [0, 0.05) is 18.0 Å². The molecule has 0 aliphatic carbocycles. The van der Waals surface area contributed by atoms with Crippen LogP contribution in [0.5, 0.6) is 0 Å². The Kier molecular flexibility index (Phi) is 4.59. The molecule has 0 radical (unpaired) electrons. The maximum absolute atomic E-state index is 12.8. The van der Waals surface area contributed by atoms with Crippen molar-refractivity contribution >= 4 is 11.7 Å². The van der Waals surface area contributed by atoms with Crippen LogP contribution in [0.15, 0.2) is 29.3 Å². The number of amidine groups is 1. The zero-order chi connectivity index (χ0) is 13.7. The fourth-order valence-electron chi connectivity index (χ4n) is 2.06. The molecule has 1 atom stereocenters. The van der Waals surface area contributed by atoms with Gasteiger partial charge in [-0.25, -0.2) is 4.39 Å². The molecule has 0 bridgehead atoms. The van der Waals surface area contributed by atoms with Gasteiger partial charge in [-0.1, -0.05) is 0 Å². The Bertz CT molecular complexity index is 467. The number of nitrogens with one attached hydrogen (secondary N) is 2. The van der Waals surface area contributed by atoms with Crippen LogP contribution in [0.4, 0.5) is 4.39 Å². The number of amides is 1. The lowest BCUT2D eigenvalue weighted by Crippen LogP contribution is -2.40. The van der Waals surface area contributed by atoms with Gasteiger partial charge in [0.1, 0.15) is 11.7 Å². The summed E-state index contributed by atoms with van der Waals surface area (Å²) in [6.07, 6.45) is 1.83. The highest BCUT2D eigenvalue weighted by molar-refractivity contribution is 6.03. The predicted molar refractivity (Wildman–Crippen MR) is 68.7 cm³/mol. The molecule has 1 heterocycles. The minimum atomic E-state index is -0.498. The van der Waals surface area contributed by atoms with E-state index in [-0.39, 0.29) is 17.3 Å². The van der Waals surface area contributed by atoms with E-state index in [2.05, 4.69) is 10.3 Å². The first-order valence-corrected chi connectivity index (χ1v) is 6.20. The lowest BCUT2D eigenvalue weighted by molar-refractivity contribution is 0.0998. The van der Waals surface area contributed by atoms with Crippen LogP contribution < -0.4 is 10.8 Å². The first-order valence-electron chi connectivity index (χ1n) is 6.20. The van der Waals surface area contributed by atoms with E-state index in [0.29, 0.717) is 6.54 Å². The summed E-state index contributed by atoms with van der Waals surface area (Å²) in [6.45, 7) is 1.60. The van der Waals surface area contributed by atoms with Crippen molar-refractivity contribution in [2.75, 3.05) is 13.1 Å². The quantitative estimate of drug-likeness (QED) is 0.428. The number of carbonyl (C=O) groups is 1. The third-order valence-electron chi connectivity index (χ3n) is 3.11. The van der Waals surface area contributed by atoms with Gasteiger partial charge in [-0.15, -0.1) is 0 Å². The van der Waals surface area contributed by atoms with Crippen molar-refractivity contribution in [3.63, 3.8) is 0 Å². The average Bonchev–Trinajstić information content (AvgIpc) is 2.46. The van der Waals surface area contributed by atoms with Crippen LogP contribution in [0.25, 0.3) is 0 Å². The summed E-state index contributed by atoms with van der Waals surface area (Å²) in [5, 5.41) is 12.3. The number of halogens is 1. The fraction of sp³-hybridized carbons (Fsp3) is 0.385. The van der Waals surface area contributed by atoms with Gasteiger partial charge in [0.25, 0.3) is 5.91 Å². The van der Waals surface area contributed by atoms with Crippen molar-refractivity contribution in [3.8, 4) is 0 Å². The van der Waals surface area contributed by atoms with Crippen LogP contribution in [0.1, 0.15) is 23.2 Å². The molecular weight excluding hydrogens is 249 g/mol. The van der Waals surface area contributed by atoms with Crippen LogP contribution >= 0.6 is 0 Å². The lowest BCUT2D eigenvalue weighted by atomic mass is 9.98. The molecule has 0 saturated carbocycles. The highest BCUT2D eigenvalue weighted by atomic mass is 19.1. The van der Waals surface area contributed by atoms with Gasteiger partial charge in [-0.05, 0) is 43.7 Å². The first-order chi connectivity index (χ1) is 9.20. The number of piperidine rings is 1. The summed E-state index contributed by atoms with van der Waals surface area (Å²) in [6, 6.07) is 5.15. The molecule has 2 rings (SSSR count). The number of hydrogen-bond donors (Lipinski definition) is 3. The van der Waals surface area contributed by atoms with E-state index in [0.717, 1.165) is 19.4 Å². The highest BCUT2D eigenvalue weighted by Gasteiger charge is 2.20. The molecule has 102 valence electrons. The topological polar surface area (TPSA) is 73.7 Å². The number of benzene rings is 1. The maximum atomic E-state index is 12.8. The van der Waals surface area contributed by atoms with E-state index in [1.165, 1.54) is 24.3 Å². The molecule has 19 heavy (non-hydrogen) atoms. The molecule has 6 heteroatoms. The summed E-state index contributed by atoms with van der Waals surface area (Å²) in [5.74, 6) is -0.663. The number of rotatable bonds is 2. The van der Waals surface area contributed by atoms with E-state index in [4.69, 9.17) is 5.21 Å². The van der Waals surface area contributed by atoms with Gasteiger partial charge in [-0.3, -0.25) is 15.5 Å². The van der Waals surface area contributed by atoms with Crippen molar-refractivity contribution in [2.45, 2.75) is 12.8 Å². The summed E-state index contributed by atoms with van der Waals surface area (Å²) in [4.78, 5) is 15.8. The zero-order valence-electron chi connectivity index (χ0n) is 10.4. The number of nitrogens with zero attached hydrogens (tertiary/aromatic N) is 1. The molecule has 3 N–H and O–H groups in total. The molecule has 1 aromatic carbocycles. The molecule has 1 aromatic rings. The Labute approximate surface area is 110 Å². The lowest BCUT2D eigenvalue weighted by Gasteiger charge is -2.23. The van der Waals surface area contributed by atoms with Crippen molar-refractivity contribution < 1.29 is 14.4 Å². The van der Waals surface area contributed by atoms with E-state index < -0.39 is 11.7 Å². The van der Waals surface area contributed by atoms with Crippen molar-refractivity contribution in [3.05, 3.63) is 35.6 Å². The monoisotopic (exact) mass is 265 g/mol. The summed E-state index contributed by atoms with van der Waals surface area (Å²) >= 11 is 0. The number of hydrogen-bond acceptors (Lipinski definition) is 3. The Balaban J connectivity index is 2.12. The molecule has 5 nitrogen and oxygen atoms in total. The SMILES string of the molecule is O=C(N=C(NO)[C@H]1CCCNC1)c1ccc(F)cc1. The fourth-order valence-corrected chi connectivity index (χ4v) is 2.06. The second-order valence-corrected chi connectivity index (χ2v) is 4.46. The second-order valence-electron chi connectivity index (χ2n) is 4.46. The van der Waals surface area contributed by atoms with Gasteiger partial charge < -0.3 is 5.32 Å². The van der Waals surface area contributed by atoms with Crippen LogP contribution in [0.2, 0.25) is 0 Å². The van der Waals surface area contributed by atoms with Crippen LogP contribution in [-0.2, 0) is 0 Å². The molecule has 1 fully saturated rings. The standard InChI is InChI=1S/C13H16FN3O2/c14-11-5-3-9(4-6-11)13(18)16-12(17-19)10-2-1-7-15-8-10/h3-6,10,15,19H,1-2,7-8H2,(H,16,17,18)/t10-/m0/s1. The Morgan fingerprint density at radius 3 is 2.74 bits per heavy atom. The molecule has 0 aromatic heterocycles. The Hall–Kier alpha value is -1.79. The smallest absolute Gasteiger partial charge is 0.278 e. The Morgan fingerprint density at radius 2 is 2.16 bits per heavy atom. The normalized spacial score (nSPS) is 20.1. The van der Waals surface area contributed by atoms with Crippen molar-refractivity contribution in [1.82, 2.24) is 10.8 Å². The van der Waals surface area contributed by atoms with Gasteiger partial charge in [0.05, 0.1) is 0 Å². The third kappa shape index (κ3) is 3.59. The molecule has 1 aliphatic heterocycles. The molecule has 0 spiro atoms. The largest absolute Gasteiger partial charge is 0.316 e. The van der Waals surface area contributed by atoms with E-state index in [9.17, 15) is 9.18 Å². The van der Waals surface area contributed by atoms with Crippen molar-refractivity contribution in [2.24, 2.45) is 10.9 Å². The predicted octanol–water partition coefficient (Wildman–Crippen LogP) is 1.34. The summed E-state index contributed by atoms with van der Waals surface area (Å²) in [7, 11) is 0. The Morgan fingerprint density at radius 1 is 1.42 bits per heavy atom. The van der Waals surface area contributed by atoms with Gasteiger partial charge in [0.15, 0.2) is 0 Å². The van der Waals surface area contributed by atoms with Crippen molar-refractivity contribution in [1.29, 1.82) is 0 Å².